The molecular weight excluding hydrogens is 312 g/mol. The van der Waals surface area contributed by atoms with Gasteiger partial charge in [-0.25, -0.2) is 9.97 Å². The molecule has 4 rings (SSSR count). The number of aryl methyl sites for hydroxylation is 2. The van der Waals surface area contributed by atoms with Crippen LogP contribution >= 0.6 is 11.3 Å². The summed E-state index contributed by atoms with van der Waals surface area (Å²) in [4.78, 5) is 21.3. The number of aromatic nitrogens is 3. The molecule has 114 valence electrons. The van der Waals surface area contributed by atoms with Gasteiger partial charge in [0.1, 0.15) is 0 Å². The van der Waals surface area contributed by atoms with Crippen molar-refractivity contribution in [3.8, 4) is 0 Å². The number of carbonyl (C=O) groups excluding carboxylic acids is 1. The first-order valence-electron chi connectivity index (χ1n) is 7.02. The molecule has 7 heteroatoms. The van der Waals surface area contributed by atoms with E-state index >= 15 is 0 Å². The van der Waals surface area contributed by atoms with E-state index in [-0.39, 0.29) is 5.91 Å². The maximum absolute atomic E-state index is 12.7. The Kier molecular flexibility index (Phi) is 3.09. The van der Waals surface area contributed by atoms with Crippen molar-refractivity contribution in [1.29, 1.82) is 0 Å². The van der Waals surface area contributed by atoms with E-state index in [1.165, 1.54) is 11.3 Å². The predicted molar refractivity (Wildman–Crippen MR) is 88.9 cm³/mol. The van der Waals surface area contributed by atoms with Gasteiger partial charge in [0.25, 0.3) is 11.6 Å². The highest BCUT2D eigenvalue weighted by Gasteiger charge is 2.18. The van der Waals surface area contributed by atoms with Crippen LogP contribution < -0.4 is 5.32 Å². The van der Waals surface area contributed by atoms with Gasteiger partial charge in [0.05, 0.1) is 26.9 Å². The highest BCUT2D eigenvalue weighted by Crippen LogP contribution is 2.27. The Morgan fingerprint density at radius 2 is 2.04 bits per heavy atom. The normalized spacial score (nSPS) is 11.2. The predicted octanol–water partition coefficient (Wildman–Crippen LogP) is 3.70. The van der Waals surface area contributed by atoms with Crippen LogP contribution in [0.2, 0.25) is 0 Å². The number of hydrogen-bond acceptors (Lipinski definition) is 6. The fraction of sp³-hybridized carbons (Fsp3) is 0.125. The Morgan fingerprint density at radius 1 is 1.22 bits per heavy atom. The lowest BCUT2D eigenvalue weighted by Crippen LogP contribution is -2.13. The van der Waals surface area contributed by atoms with E-state index in [0.29, 0.717) is 33.2 Å². The molecule has 0 saturated carbocycles. The van der Waals surface area contributed by atoms with Gasteiger partial charge in [0.15, 0.2) is 5.13 Å². The molecule has 3 aromatic heterocycles. The minimum absolute atomic E-state index is 0.245. The summed E-state index contributed by atoms with van der Waals surface area (Å²) in [5.41, 5.74) is 3.07. The molecule has 0 unspecified atom stereocenters. The number of hydrogen-bond donors (Lipinski definition) is 1. The summed E-state index contributed by atoms with van der Waals surface area (Å²) < 4.78 is 6.19. The van der Waals surface area contributed by atoms with Crippen LogP contribution in [0.4, 0.5) is 5.13 Å². The van der Waals surface area contributed by atoms with Crippen LogP contribution in [0.25, 0.3) is 21.3 Å². The van der Waals surface area contributed by atoms with Crippen LogP contribution in [0.15, 0.2) is 34.9 Å². The Labute approximate surface area is 135 Å². The number of rotatable bonds is 2. The maximum Gasteiger partial charge on any atom is 0.258 e. The number of pyridine rings is 1. The molecule has 0 aliphatic heterocycles. The van der Waals surface area contributed by atoms with Crippen LogP contribution in [-0.4, -0.2) is 21.0 Å². The standard InChI is InChI=1S/C16H12N4O2S/c1-8-7-10(13-9(2)20-22-15(13)17-8)14(21)19-16-18-11-5-3-4-6-12(11)23-16/h3-7H,1-2H3,(H,18,19,21). The van der Waals surface area contributed by atoms with Gasteiger partial charge in [-0.1, -0.05) is 28.6 Å². The van der Waals surface area contributed by atoms with Crippen LogP contribution in [0, 0.1) is 13.8 Å². The number of para-hydroxylation sites is 1. The number of thiazole rings is 1. The monoisotopic (exact) mass is 324 g/mol. The first-order chi connectivity index (χ1) is 11.1. The minimum atomic E-state index is -0.245. The van der Waals surface area contributed by atoms with E-state index in [9.17, 15) is 4.79 Å². The third-order valence-corrected chi connectivity index (χ3v) is 4.46. The minimum Gasteiger partial charge on any atom is -0.336 e. The molecule has 0 aliphatic carbocycles. The van der Waals surface area contributed by atoms with E-state index < -0.39 is 0 Å². The number of fused-ring (bicyclic) bond motifs is 2. The molecule has 4 aromatic rings. The number of amides is 1. The molecule has 6 nitrogen and oxygen atoms in total. The smallest absolute Gasteiger partial charge is 0.258 e. The quantitative estimate of drug-likeness (QED) is 0.608. The van der Waals surface area contributed by atoms with Gasteiger partial charge in [-0.2, -0.15) is 0 Å². The number of nitrogens with zero attached hydrogens (tertiary/aromatic N) is 3. The van der Waals surface area contributed by atoms with E-state index in [0.717, 1.165) is 10.2 Å². The number of carbonyl (C=O) groups is 1. The van der Waals surface area contributed by atoms with E-state index in [4.69, 9.17) is 4.52 Å². The average molecular weight is 324 g/mol. The van der Waals surface area contributed by atoms with Gasteiger partial charge in [-0.15, -0.1) is 0 Å². The second-order valence-electron chi connectivity index (χ2n) is 5.20. The molecule has 1 aromatic carbocycles. The van der Waals surface area contributed by atoms with Crippen molar-refractivity contribution in [3.05, 3.63) is 47.3 Å². The molecule has 1 amide bonds. The highest BCUT2D eigenvalue weighted by molar-refractivity contribution is 7.22. The zero-order chi connectivity index (χ0) is 16.0. The zero-order valence-corrected chi connectivity index (χ0v) is 13.3. The van der Waals surface area contributed by atoms with E-state index in [2.05, 4.69) is 20.4 Å². The molecular formula is C16H12N4O2S. The SMILES string of the molecule is Cc1cc(C(=O)Nc2nc3ccccc3s2)c2c(C)noc2n1. The third kappa shape index (κ3) is 2.35. The van der Waals surface area contributed by atoms with Gasteiger partial charge >= 0.3 is 0 Å². The molecule has 0 radical (unpaired) electrons. The average Bonchev–Trinajstić information content (AvgIpc) is 3.09. The summed E-state index contributed by atoms with van der Waals surface area (Å²) >= 11 is 1.44. The van der Waals surface area contributed by atoms with Crippen molar-refractivity contribution in [2.24, 2.45) is 0 Å². The number of anilines is 1. The fourth-order valence-corrected chi connectivity index (χ4v) is 3.35. The second-order valence-corrected chi connectivity index (χ2v) is 6.23. The van der Waals surface area contributed by atoms with Gasteiger partial charge in [0, 0.05) is 5.69 Å². The number of benzene rings is 1. The molecule has 0 atom stereocenters. The Morgan fingerprint density at radius 3 is 2.87 bits per heavy atom. The van der Waals surface area contributed by atoms with Gasteiger partial charge in [0.2, 0.25) is 0 Å². The van der Waals surface area contributed by atoms with Crippen LogP contribution in [0.3, 0.4) is 0 Å². The fourth-order valence-electron chi connectivity index (χ4n) is 2.49. The topological polar surface area (TPSA) is 80.9 Å². The van der Waals surface area contributed by atoms with Crippen LogP contribution in [-0.2, 0) is 0 Å². The summed E-state index contributed by atoms with van der Waals surface area (Å²) in [6, 6.07) is 9.49. The van der Waals surface area contributed by atoms with Gasteiger partial charge in [-0.3, -0.25) is 10.1 Å². The van der Waals surface area contributed by atoms with Crippen molar-refractivity contribution in [1.82, 2.24) is 15.1 Å². The van der Waals surface area contributed by atoms with Crippen molar-refractivity contribution >= 4 is 43.7 Å². The third-order valence-electron chi connectivity index (χ3n) is 3.50. The van der Waals surface area contributed by atoms with Crippen molar-refractivity contribution in [2.45, 2.75) is 13.8 Å². The maximum atomic E-state index is 12.7. The van der Waals surface area contributed by atoms with E-state index in [1.54, 1.807) is 13.0 Å². The summed E-state index contributed by atoms with van der Waals surface area (Å²) in [5, 5.41) is 7.94. The largest absolute Gasteiger partial charge is 0.336 e. The second kappa shape index (κ2) is 5.13. The molecule has 0 fully saturated rings. The molecule has 0 bridgehead atoms. The summed E-state index contributed by atoms with van der Waals surface area (Å²) in [5.74, 6) is -0.245. The molecule has 23 heavy (non-hydrogen) atoms. The molecule has 1 N–H and O–H groups in total. The van der Waals surface area contributed by atoms with Gasteiger partial charge in [-0.05, 0) is 32.0 Å². The summed E-state index contributed by atoms with van der Waals surface area (Å²) in [7, 11) is 0. The Hall–Kier alpha value is -2.80. The summed E-state index contributed by atoms with van der Waals surface area (Å²) in [6.07, 6.45) is 0. The van der Waals surface area contributed by atoms with Crippen LogP contribution in [0.1, 0.15) is 21.7 Å². The zero-order valence-electron chi connectivity index (χ0n) is 12.5. The van der Waals surface area contributed by atoms with Crippen molar-refractivity contribution < 1.29 is 9.32 Å². The molecule has 3 heterocycles. The Bertz CT molecular complexity index is 1020. The first kappa shape index (κ1) is 13.8. The van der Waals surface area contributed by atoms with Crippen molar-refractivity contribution in [3.63, 3.8) is 0 Å². The molecule has 0 aliphatic rings. The molecule has 0 saturated heterocycles. The first-order valence-corrected chi connectivity index (χ1v) is 7.84. The lowest BCUT2D eigenvalue weighted by Gasteiger charge is -2.04. The summed E-state index contributed by atoms with van der Waals surface area (Å²) in [6.45, 7) is 3.60. The lowest BCUT2D eigenvalue weighted by molar-refractivity contribution is 0.102. The molecule has 0 spiro atoms. The number of nitrogens with one attached hydrogen (secondary N) is 1. The Balaban J connectivity index is 1.75. The lowest BCUT2D eigenvalue weighted by atomic mass is 10.1. The van der Waals surface area contributed by atoms with Crippen LogP contribution in [0.5, 0.6) is 0 Å². The van der Waals surface area contributed by atoms with Gasteiger partial charge < -0.3 is 4.52 Å². The van der Waals surface area contributed by atoms with Crippen molar-refractivity contribution in [2.75, 3.05) is 5.32 Å². The highest BCUT2D eigenvalue weighted by atomic mass is 32.1. The van der Waals surface area contributed by atoms with E-state index in [1.807, 2.05) is 31.2 Å².